The summed E-state index contributed by atoms with van der Waals surface area (Å²) in [7, 11) is 1.89. The molecule has 1 heterocycles. The van der Waals surface area contributed by atoms with E-state index in [4.69, 9.17) is 11.6 Å². The van der Waals surface area contributed by atoms with Crippen molar-refractivity contribution in [2.45, 2.75) is 6.42 Å². The zero-order valence-corrected chi connectivity index (χ0v) is 10.8. The summed E-state index contributed by atoms with van der Waals surface area (Å²) < 4.78 is 0.644. The van der Waals surface area contributed by atoms with Crippen molar-refractivity contribution >= 4 is 41.3 Å². The Kier molecular flexibility index (Phi) is 7.78. The summed E-state index contributed by atoms with van der Waals surface area (Å²) in [6, 6.07) is 3.47. The lowest BCUT2D eigenvalue weighted by atomic mass is 10.4. The van der Waals surface area contributed by atoms with E-state index in [-0.39, 0.29) is 18.3 Å². The van der Waals surface area contributed by atoms with Crippen molar-refractivity contribution < 1.29 is 4.79 Å². The molecule has 1 amide bonds. The molecule has 0 radical (unpaired) electrons. The van der Waals surface area contributed by atoms with Gasteiger partial charge in [0.05, 0.1) is 9.21 Å². The summed E-state index contributed by atoms with van der Waals surface area (Å²) in [6.07, 6.45) is 0.932. The van der Waals surface area contributed by atoms with Crippen molar-refractivity contribution in [3.8, 4) is 0 Å². The molecule has 15 heavy (non-hydrogen) atoms. The number of hydrogen-bond acceptors (Lipinski definition) is 3. The molecule has 86 valence electrons. The normalized spacial score (nSPS) is 9.47. The molecule has 0 saturated heterocycles. The van der Waals surface area contributed by atoms with E-state index in [2.05, 4.69) is 10.6 Å². The molecule has 6 heteroatoms. The van der Waals surface area contributed by atoms with Gasteiger partial charge >= 0.3 is 0 Å². The van der Waals surface area contributed by atoms with E-state index >= 15 is 0 Å². The van der Waals surface area contributed by atoms with Crippen LogP contribution >= 0.6 is 35.3 Å². The number of carbonyl (C=O) groups excluding carboxylic acids is 1. The summed E-state index contributed by atoms with van der Waals surface area (Å²) in [5.74, 6) is -0.0435. The minimum atomic E-state index is -0.0435. The van der Waals surface area contributed by atoms with Crippen LogP contribution in [0.4, 0.5) is 0 Å². The molecule has 1 aromatic rings. The predicted octanol–water partition coefficient (Wildman–Crippen LogP) is 2.16. The zero-order chi connectivity index (χ0) is 10.4. The summed E-state index contributed by atoms with van der Waals surface area (Å²) in [6.45, 7) is 1.60. The highest BCUT2D eigenvalue weighted by Gasteiger charge is 2.06. The van der Waals surface area contributed by atoms with Crippen molar-refractivity contribution in [3.63, 3.8) is 0 Å². The van der Waals surface area contributed by atoms with Gasteiger partial charge in [0.1, 0.15) is 0 Å². The lowest BCUT2D eigenvalue weighted by molar-refractivity contribution is 0.0957. The van der Waals surface area contributed by atoms with Crippen molar-refractivity contribution in [1.29, 1.82) is 0 Å². The number of thiophene rings is 1. The number of nitrogens with one attached hydrogen (secondary N) is 2. The fourth-order valence-corrected chi connectivity index (χ4v) is 1.95. The van der Waals surface area contributed by atoms with Gasteiger partial charge in [-0.2, -0.15) is 0 Å². The van der Waals surface area contributed by atoms with Gasteiger partial charge in [-0.25, -0.2) is 0 Å². The fourth-order valence-electron chi connectivity index (χ4n) is 0.991. The third-order valence-electron chi connectivity index (χ3n) is 1.69. The second-order valence-corrected chi connectivity index (χ2v) is 4.53. The monoisotopic (exact) mass is 268 g/mol. The van der Waals surface area contributed by atoms with Crippen LogP contribution in [0.1, 0.15) is 16.1 Å². The Morgan fingerprint density at radius 1 is 1.47 bits per heavy atom. The molecular formula is C9H14Cl2N2OS. The maximum Gasteiger partial charge on any atom is 0.261 e. The molecule has 0 aliphatic carbocycles. The number of amides is 1. The van der Waals surface area contributed by atoms with Crippen molar-refractivity contribution in [3.05, 3.63) is 21.3 Å². The number of rotatable bonds is 5. The molecular weight excluding hydrogens is 255 g/mol. The standard InChI is InChI=1S/C9H13ClN2OS.ClH/c1-11-5-2-6-12-9(13)7-3-4-8(10)14-7;/h3-4,11H,2,5-6H2,1H3,(H,12,13);1H. The van der Waals surface area contributed by atoms with Gasteiger partial charge in [-0.3, -0.25) is 4.79 Å². The highest BCUT2D eigenvalue weighted by molar-refractivity contribution is 7.17. The Balaban J connectivity index is 0.00000196. The molecule has 2 N–H and O–H groups in total. The maximum atomic E-state index is 11.4. The second kappa shape index (κ2) is 7.93. The minimum Gasteiger partial charge on any atom is -0.351 e. The maximum absolute atomic E-state index is 11.4. The van der Waals surface area contributed by atoms with Crippen LogP contribution in [0, 0.1) is 0 Å². The highest BCUT2D eigenvalue weighted by atomic mass is 35.5. The van der Waals surface area contributed by atoms with Crippen molar-refractivity contribution in [2.24, 2.45) is 0 Å². The van der Waals surface area contributed by atoms with E-state index in [1.165, 1.54) is 11.3 Å². The summed E-state index contributed by atoms with van der Waals surface area (Å²) >= 11 is 7.01. The van der Waals surface area contributed by atoms with Gasteiger partial charge in [-0.05, 0) is 32.1 Å². The first kappa shape index (κ1) is 14.7. The number of carbonyl (C=O) groups is 1. The molecule has 0 saturated carbocycles. The van der Waals surface area contributed by atoms with Crippen LogP contribution in [0.25, 0.3) is 0 Å². The Hall–Kier alpha value is -0.290. The van der Waals surface area contributed by atoms with E-state index < -0.39 is 0 Å². The van der Waals surface area contributed by atoms with Crippen LogP contribution in [0.3, 0.4) is 0 Å². The Labute approximate surface area is 105 Å². The summed E-state index contributed by atoms with van der Waals surface area (Å²) in [5, 5.41) is 5.84. The fraction of sp³-hybridized carbons (Fsp3) is 0.444. The van der Waals surface area contributed by atoms with Crippen LogP contribution in [0.2, 0.25) is 4.34 Å². The van der Waals surface area contributed by atoms with Gasteiger partial charge in [0.2, 0.25) is 0 Å². The average Bonchev–Trinajstić information content (AvgIpc) is 2.59. The van der Waals surface area contributed by atoms with Crippen LogP contribution in [0.15, 0.2) is 12.1 Å². The molecule has 0 aliphatic heterocycles. The topological polar surface area (TPSA) is 41.1 Å². The quantitative estimate of drug-likeness (QED) is 0.804. The van der Waals surface area contributed by atoms with Crippen LogP contribution in [-0.4, -0.2) is 26.0 Å². The highest BCUT2D eigenvalue weighted by Crippen LogP contribution is 2.20. The third kappa shape index (κ3) is 5.37. The lowest BCUT2D eigenvalue weighted by Gasteiger charge is -2.02. The Morgan fingerprint density at radius 2 is 2.20 bits per heavy atom. The zero-order valence-electron chi connectivity index (χ0n) is 8.38. The number of hydrogen-bond donors (Lipinski definition) is 2. The third-order valence-corrected chi connectivity index (χ3v) is 2.92. The van der Waals surface area contributed by atoms with Gasteiger partial charge < -0.3 is 10.6 Å². The van der Waals surface area contributed by atoms with Crippen molar-refractivity contribution in [2.75, 3.05) is 20.1 Å². The van der Waals surface area contributed by atoms with Crippen molar-refractivity contribution in [1.82, 2.24) is 10.6 Å². The molecule has 0 spiro atoms. The van der Waals surface area contributed by atoms with E-state index in [9.17, 15) is 4.79 Å². The molecule has 0 atom stereocenters. The van der Waals surface area contributed by atoms with Gasteiger partial charge in [0.25, 0.3) is 5.91 Å². The van der Waals surface area contributed by atoms with Crippen LogP contribution in [0.5, 0.6) is 0 Å². The first-order valence-electron chi connectivity index (χ1n) is 4.42. The van der Waals surface area contributed by atoms with E-state index in [0.29, 0.717) is 15.8 Å². The van der Waals surface area contributed by atoms with E-state index in [0.717, 1.165) is 13.0 Å². The Morgan fingerprint density at radius 3 is 2.73 bits per heavy atom. The van der Waals surface area contributed by atoms with E-state index in [1.54, 1.807) is 12.1 Å². The molecule has 3 nitrogen and oxygen atoms in total. The average molecular weight is 269 g/mol. The number of halogens is 2. The Bertz CT molecular complexity index is 304. The molecule has 1 rings (SSSR count). The molecule has 0 aromatic carbocycles. The molecule has 0 bridgehead atoms. The van der Waals surface area contributed by atoms with Gasteiger partial charge in [-0.15, -0.1) is 23.7 Å². The smallest absolute Gasteiger partial charge is 0.261 e. The van der Waals surface area contributed by atoms with E-state index in [1.807, 2.05) is 7.05 Å². The molecule has 0 unspecified atom stereocenters. The first-order valence-corrected chi connectivity index (χ1v) is 5.61. The minimum absolute atomic E-state index is 0. The van der Waals surface area contributed by atoms with Crippen LogP contribution in [-0.2, 0) is 0 Å². The molecule has 0 aliphatic rings. The van der Waals surface area contributed by atoms with Crippen LogP contribution < -0.4 is 10.6 Å². The lowest BCUT2D eigenvalue weighted by Crippen LogP contribution is -2.25. The predicted molar refractivity (Wildman–Crippen MR) is 67.5 cm³/mol. The largest absolute Gasteiger partial charge is 0.351 e. The first-order chi connectivity index (χ1) is 6.74. The van der Waals surface area contributed by atoms with Gasteiger partial charge in [-0.1, -0.05) is 11.6 Å². The van der Waals surface area contributed by atoms with Gasteiger partial charge in [0.15, 0.2) is 0 Å². The second-order valence-electron chi connectivity index (χ2n) is 2.82. The molecule has 0 fully saturated rings. The SMILES string of the molecule is CNCCCNC(=O)c1ccc(Cl)s1.Cl. The summed E-state index contributed by atoms with van der Waals surface area (Å²) in [5.41, 5.74) is 0. The van der Waals surface area contributed by atoms with Gasteiger partial charge in [0, 0.05) is 6.54 Å². The molecule has 1 aromatic heterocycles. The summed E-state index contributed by atoms with van der Waals surface area (Å²) in [4.78, 5) is 12.1.